The normalized spacial score (nSPS) is 10.9. The van der Waals surface area contributed by atoms with Gasteiger partial charge < -0.3 is 20.1 Å². The number of rotatable bonds is 10. The van der Waals surface area contributed by atoms with Crippen molar-refractivity contribution in [2.75, 3.05) is 25.3 Å². The highest BCUT2D eigenvalue weighted by Gasteiger charge is 2.13. The standard InChI is InChI=1S/C23H28N4O4S/c1-15(2)19-10-5-16(3)13-20(19)31-14-21-25-26-23(27(21)24)32-12-11-30-18-8-6-17(7-9-18)22(28)29-4/h5-10,13,15H,11-12,14,24H2,1-4H3. The van der Waals surface area contributed by atoms with Gasteiger partial charge in [0.25, 0.3) is 0 Å². The fourth-order valence-corrected chi connectivity index (χ4v) is 3.68. The maximum Gasteiger partial charge on any atom is 0.337 e. The van der Waals surface area contributed by atoms with E-state index >= 15 is 0 Å². The van der Waals surface area contributed by atoms with E-state index in [0.717, 1.165) is 16.9 Å². The Bertz CT molecular complexity index is 1050. The highest BCUT2D eigenvalue weighted by Crippen LogP contribution is 2.28. The molecule has 0 unspecified atom stereocenters. The predicted octanol–water partition coefficient (Wildman–Crippen LogP) is 3.96. The average molecular weight is 457 g/mol. The van der Waals surface area contributed by atoms with Gasteiger partial charge >= 0.3 is 5.97 Å². The molecule has 0 saturated carbocycles. The summed E-state index contributed by atoms with van der Waals surface area (Å²) in [7, 11) is 1.35. The van der Waals surface area contributed by atoms with Crippen molar-refractivity contribution in [2.24, 2.45) is 0 Å². The summed E-state index contributed by atoms with van der Waals surface area (Å²) in [6.07, 6.45) is 0. The van der Waals surface area contributed by atoms with Gasteiger partial charge in [0.2, 0.25) is 5.16 Å². The number of aromatic nitrogens is 3. The molecule has 2 aromatic carbocycles. The molecule has 0 radical (unpaired) electrons. The number of ether oxygens (including phenoxy) is 3. The van der Waals surface area contributed by atoms with E-state index < -0.39 is 0 Å². The van der Waals surface area contributed by atoms with Gasteiger partial charge in [-0.1, -0.05) is 37.7 Å². The molecule has 2 N–H and O–H groups in total. The number of hydrogen-bond acceptors (Lipinski definition) is 8. The van der Waals surface area contributed by atoms with Crippen LogP contribution in [-0.4, -0.2) is 40.3 Å². The van der Waals surface area contributed by atoms with E-state index in [4.69, 9.17) is 15.3 Å². The van der Waals surface area contributed by atoms with Crippen LogP contribution in [0.2, 0.25) is 0 Å². The summed E-state index contributed by atoms with van der Waals surface area (Å²) in [5.74, 6) is 8.80. The summed E-state index contributed by atoms with van der Waals surface area (Å²) < 4.78 is 17.8. The van der Waals surface area contributed by atoms with Crippen LogP contribution in [0.3, 0.4) is 0 Å². The lowest BCUT2D eigenvalue weighted by Gasteiger charge is -2.14. The summed E-state index contributed by atoms with van der Waals surface area (Å²) in [5, 5.41) is 8.89. The molecule has 0 atom stereocenters. The highest BCUT2D eigenvalue weighted by atomic mass is 32.2. The SMILES string of the molecule is COC(=O)c1ccc(OCCSc2nnc(COc3cc(C)ccc3C(C)C)n2N)cc1. The smallest absolute Gasteiger partial charge is 0.337 e. The first kappa shape index (κ1) is 23.5. The van der Waals surface area contributed by atoms with Gasteiger partial charge in [0.1, 0.15) is 18.1 Å². The minimum Gasteiger partial charge on any atom is -0.493 e. The quantitative estimate of drug-likeness (QED) is 0.212. The number of methoxy groups -OCH3 is 1. The fourth-order valence-electron chi connectivity index (χ4n) is 2.99. The van der Waals surface area contributed by atoms with Crippen LogP contribution in [0, 0.1) is 6.92 Å². The molecule has 9 heteroatoms. The molecule has 3 aromatic rings. The lowest BCUT2D eigenvalue weighted by atomic mass is 10.0. The maximum absolute atomic E-state index is 11.5. The zero-order chi connectivity index (χ0) is 23.1. The lowest BCUT2D eigenvalue weighted by molar-refractivity contribution is 0.0600. The van der Waals surface area contributed by atoms with Crippen LogP contribution < -0.4 is 15.3 Å². The Morgan fingerprint density at radius 3 is 2.56 bits per heavy atom. The van der Waals surface area contributed by atoms with Crippen molar-refractivity contribution in [3.63, 3.8) is 0 Å². The van der Waals surface area contributed by atoms with Gasteiger partial charge in [0.05, 0.1) is 19.3 Å². The predicted molar refractivity (Wildman–Crippen MR) is 124 cm³/mol. The first-order valence-electron chi connectivity index (χ1n) is 10.3. The van der Waals surface area contributed by atoms with Gasteiger partial charge in [-0.05, 0) is 54.3 Å². The zero-order valence-corrected chi connectivity index (χ0v) is 19.5. The molecule has 1 aromatic heterocycles. The largest absolute Gasteiger partial charge is 0.493 e. The highest BCUT2D eigenvalue weighted by molar-refractivity contribution is 7.99. The Morgan fingerprint density at radius 1 is 1.12 bits per heavy atom. The average Bonchev–Trinajstić information content (AvgIpc) is 3.14. The minimum absolute atomic E-state index is 0.232. The van der Waals surface area contributed by atoms with Gasteiger partial charge in [-0.3, -0.25) is 0 Å². The van der Waals surface area contributed by atoms with Crippen molar-refractivity contribution < 1.29 is 19.0 Å². The number of aryl methyl sites for hydroxylation is 1. The van der Waals surface area contributed by atoms with E-state index in [-0.39, 0.29) is 12.6 Å². The molecule has 0 spiro atoms. The topological polar surface area (TPSA) is 101 Å². The zero-order valence-electron chi connectivity index (χ0n) is 18.7. The lowest BCUT2D eigenvalue weighted by Crippen LogP contribution is -2.16. The molecule has 0 aliphatic heterocycles. The summed E-state index contributed by atoms with van der Waals surface area (Å²) in [6, 6.07) is 13.0. The first-order valence-corrected chi connectivity index (χ1v) is 11.2. The van der Waals surface area contributed by atoms with Gasteiger partial charge in [0, 0.05) is 5.75 Å². The molecule has 3 rings (SSSR count). The Morgan fingerprint density at radius 2 is 1.88 bits per heavy atom. The monoisotopic (exact) mass is 456 g/mol. The number of thioether (sulfide) groups is 1. The van der Waals surface area contributed by atoms with Crippen molar-refractivity contribution in [2.45, 2.75) is 38.5 Å². The van der Waals surface area contributed by atoms with E-state index in [1.165, 1.54) is 23.5 Å². The van der Waals surface area contributed by atoms with E-state index in [2.05, 4.69) is 40.9 Å². The van der Waals surface area contributed by atoms with Crippen LogP contribution in [0.5, 0.6) is 11.5 Å². The van der Waals surface area contributed by atoms with Crippen molar-refractivity contribution in [1.29, 1.82) is 0 Å². The number of esters is 1. The second-order valence-corrected chi connectivity index (χ2v) is 8.53. The van der Waals surface area contributed by atoms with Gasteiger partial charge in [0.15, 0.2) is 5.82 Å². The number of nitrogens with two attached hydrogens (primary N) is 1. The summed E-state index contributed by atoms with van der Waals surface area (Å²) in [6.45, 7) is 6.98. The van der Waals surface area contributed by atoms with Crippen LogP contribution in [-0.2, 0) is 11.3 Å². The third-order valence-electron chi connectivity index (χ3n) is 4.74. The Labute approximate surface area is 192 Å². The number of benzene rings is 2. The number of nitrogens with zero attached hydrogens (tertiary/aromatic N) is 3. The molecule has 0 saturated heterocycles. The fraction of sp³-hybridized carbons (Fsp3) is 0.348. The molecular weight excluding hydrogens is 428 g/mol. The second-order valence-electron chi connectivity index (χ2n) is 7.47. The maximum atomic E-state index is 11.5. The van der Waals surface area contributed by atoms with Crippen molar-refractivity contribution >= 4 is 17.7 Å². The van der Waals surface area contributed by atoms with E-state index in [9.17, 15) is 4.79 Å². The van der Waals surface area contributed by atoms with Crippen LogP contribution in [0.15, 0.2) is 47.6 Å². The van der Waals surface area contributed by atoms with E-state index in [1.807, 2.05) is 13.0 Å². The summed E-state index contributed by atoms with van der Waals surface area (Å²) in [4.78, 5) is 11.5. The van der Waals surface area contributed by atoms with Crippen molar-refractivity contribution in [3.05, 3.63) is 65.0 Å². The summed E-state index contributed by atoms with van der Waals surface area (Å²) in [5.41, 5.74) is 2.76. The Balaban J connectivity index is 1.50. The number of nitrogen functional groups attached to an aromatic ring is 1. The van der Waals surface area contributed by atoms with Crippen molar-refractivity contribution in [1.82, 2.24) is 14.9 Å². The molecule has 0 bridgehead atoms. The van der Waals surface area contributed by atoms with Gasteiger partial charge in [-0.25, -0.2) is 9.47 Å². The molecule has 0 aliphatic rings. The second kappa shape index (κ2) is 10.9. The molecule has 32 heavy (non-hydrogen) atoms. The molecule has 0 amide bonds. The van der Waals surface area contributed by atoms with Crippen LogP contribution in [0.4, 0.5) is 0 Å². The number of hydrogen-bond donors (Lipinski definition) is 1. The molecule has 0 fully saturated rings. The third-order valence-corrected chi connectivity index (χ3v) is 5.65. The van der Waals surface area contributed by atoms with Crippen LogP contribution in [0.25, 0.3) is 0 Å². The molecule has 0 aliphatic carbocycles. The summed E-state index contributed by atoms with van der Waals surface area (Å²) >= 11 is 1.44. The molecular formula is C23H28N4O4S. The minimum atomic E-state index is -0.378. The Kier molecular flexibility index (Phi) is 7.99. The number of carbonyl (C=O) groups is 1. The molecule has 170 valence electrons. The van der Waals surface area contributed by atoms with Gasteiger partial charge in [-0.2, -0.15) is 0 Å². The van der Waals surface area contributed by atoms with E-state index in [0.29, 0.717) is 40.6 Å². The first-order chi connectivity index (χ1) is 15.4. The van der Waals surface area contributed by atoms with Crippen molar-refractivity contribution in [3.8, 4) is 11.5 Å². The molecule has 8 nitrogen and oxygen atoms in total. The third kappa shape index (κ3) is 5.94. The number of carbonyl (C=O) groups excluding carboxylic acids is 1. The van der Waals surface area contributed by atoms with Crippen LogP contribution in [0.1, 0.15) is 47.1 Å². The van der Waals surface area contributed by atoms with Crippen LogP contribution >= 0.6 is 11.8 Å². The van der Waals surface area contributed by atoms with E-state index in [1.54, 1.807) is 24.3 Å². The molecule has 1 heterocycles. The van der Waals surface area contributed by atoms with Gasteiger partial charge in [-0.15, -0.1) is 10.2 Å². The Hall–Kier alpha value is -3.20.